The molecule has 2 aromatic rings. The van der Waals surface area contributed by atoms with E-state index in [1.54, 1.807) is 24.3 Å². The predicted molar refractivity (Wildman–Crippen MR) is 74.3 cm³/mol. The molecule has 0 saturated carbocycles. The molecule has 0 unspecified atom stereocenters. The molecule has 2 rings (SSSR count). The van der Waals surface area contributed by atoms with Gasteiger partial charge in [0.2, 0.25) is 0 Å². The number of halogens is 2. The summed E-state index contributed by atoms with van der Waals surface area (Å²) in [6.07, 6.45) is 0. The van der Waals surface area contributed by atoms with Crippen LogP contribution in [-0.4, -0.2) is 4.98 Å². The molecule has 5 heteroatoms. The third kappa shape index (κ3) is 3.17. The van der Waals surface area contributed by atoms with Crippen molar-refractivity contribution in [3.63, 3.8) is 0 Å². The molecule has 0 aliphatic carbocycles. The predicted octanol–water partition coefficient (Wildman–Crippen LogP) is 4.72. The third-order valence-corrected chi connectivity index (χ3v) is 3.82. The second-order valence-corrected chi connectivity index (χ2v) is 5.53. The first-order valence-corrected chi connectivity index (χ1v) is 6.67. The molecule has 2 nitrogen and oxygen atoms in total. The van der Waals surface area contributed by atoms with Crippen molar-refractivity contribution in [2.24, 2.45) is 0 Å². The standard InChI is InChI=1S/C13H8Cl2N2S/c1-8-4-9(7-16)5-13(17-8)18-10-2-3-11(14)12(15)6-10/h2-6H,1H3. The molecule has 18 heavy (non-hydrogen) atoms. The second kappa shape index (κ2) is 5.62. The molecule has 90 valence electrons. The molecule has 0 fully saturated rings. The molecule has 0 aliphatic rings. The molecular formula is C13H8Cl2N2S. The fourth-order valence-corrected chi connectivity index (χ4v) is 2.71. The van der Waals surface area contributed by atoms with E-state index in [-0.39, 0.29) is 0 Å². The molecule has 1 aromatic heterocycles. The van der Waals surface area contributed by atoms with E-state index in [0.29, 0.717) is 15.6 Å². The Hall–Kier alpha value is -1.21. The second-order valence-electron chi connectivity index (χ2n) is 3.63. The molecule has 0 spiro atoms. The van der Waals surface area contributed by atoms with Crippen molar-refractivity contribution in [3.05, 3.63) is 51.6 Å². The molecule has 0 N–H and O–H groups in total. The van der Waals surface area contributed by atoms with E-state index in [1.807, 2.05) is 13.0 Å². The zero-order valence-electron chi connectivity index (χ0n) is 9.45. The lowest BCUT2D eigenvalue weighted by Crippen LogP contribution is -1.87. The molecule has 0 radical (unpaired) electrons. The minimum absolute atomic E-state index is 0.509. The van der Waals surface area contributed by atoms with Gasteiger partial charge in [-0.3, -0.25) is 0 Å². The lowest BCUT2D eigenvalue weighted by Gasteiger charge is -2.04. The number of aromatic nitrogens is 1. The van der Waals surface area contributed by atoms with Crippen LogP contribution in [0.1, 0.15) is 11.3 Å². The number of rotatable bonds is 2. The minimum Gasteiger partial charge on any atom is -0.246 e. The van der Waals surface area contributed by atoms with E-state index in [0.717, 1.165) is 15.6 Å². The van der Waals surface area contributed by atoms with Crippen LogP contribution in [0.3, 0.4) is 0 Å². The molecule has 0 saturated heterocycles. The molecule has 0 aliphatic heterocycles. The summed E-state index contributed by atoms with van der Waals surface area (Å²) in [5, 5.41) is 10.7. The molecular weight excluding hydrogens is 287 g/mol. The van der Waals surface area contributed by atoms with E-state index < -0.39 is 0 Å². The summed E-state index contributed by atoms with van der Waals surface area (Å²) >= 11 is 13.3. The average Bonchev–Trinajstić information content (AvgIpc) is 2.33. The zero-order valence-corrected chi connectivity index (χ0v) is 11.8. The summed E-state index contributed by atoms with van der Waals surface area (Å²) in [5.74, 6) is 0. The average molecular weight is 295 g/mol. The van der Waals surface area contributed by atoms with Crippen LogP contribution >= 0.6 is 35.0 Å². The largest absolute Gasteiger partial charge is 0.246 e. The third-order valence-electron chi connectivity index (χ3n) is 2.17. The summed E-state index contributed by atoms with van der Waals surface area (Å²) in [6.45, 7) is 1.86. The van der Waals surface area contributed by atoms with Gasteiger partial charge in [0.15, 0.2) is 0 Å². The normalized spacial score (nSPS) is 10.1. The van der Waals surface area contributed by atoms with Gasteiger partial charge in [-0.2, -0.15) is 5.26 Å². The van der Waals surface area contributed by atoms with Crippen molar-refractivity contribution in [1.82, 2.24) is 4.98 Å². The van der Waals surface area contributed by atoms with Crippen molar-refractivity contribution < 1.29 is 0 Å². The van der Waals surface area contributed by atoms with Crippen molar-refractivity contribution >= 4 is 35.0 Å². The van der Waals surface area contributed by atoms with Crippen molar-refractivity contribution in [3.8, 4) is 6.07 Å². The Balaban J connectivity index is 2.31. The maximum absolute atomic E-state index is 8.91. The first kappa shape index (κ1) is 13.2. The number of hydrogen-bond acceptors (Lipinski definition) is 3. The highest BCUT2D eigenvalue weighted by molar-refractivity contribution is 7.99. The molecule has 0 bridgehead atoms. The Morgan fingerprint density at radius 1 is 1.17 bits per heavy atom. The zero-order chi connectivity index (χ0) is 13.1. The fourth-order valence-electron chi connectivity index (χ4n) is 1.42. The quantitative estimate of drug-likeness (QED) is 0.804. The summed E-state index contributed by atoms with van der Waals surface area (Å²) < 4.78 is 0. The van der Waals surface area contributed by atoms with E-state index in [2.05, 4.69) is 11.1 Å². The molecule has 1 heterocycles. The highest BCUT2D eigenvalue weighted by Crippen LogP contribution is 2.32. The summed E-state index contributed by atoms with van der Waals surface area (Å²) in [4.78, 5) is 5.30. The van der Waals surface area contributed by atoms with Gasteiger partial charge in [-0.1, -0.05) is 35.0 Å². The molecule has 0 atom stereocenters. The maximum Gasteiger partial charge on any atom is 0.102 e. The highest BCUT2D eigenvalue weighted by Gasteiger charge is 2.05. The number of benzene rings is 1. The Bertz CT molecular complexity index is 635. The van der Waals surface area contributed by atoms with Crippen LogP contribution in [-0.2, 0) is 0 Å². The van der Waals surface area contributed by atoms with Gasteiger partial charge in [-0.25, -0.2) is 4.98 Å². The maximum atomic E-state index is 8.91. The van der Waals surface area contributed by atoms with Crippen LogP contribution in [0.4, 0.5) is 0 Å². The Morgan fingerprint density at radius 2 is 1.94 bits per heavy atom. The lowest BCUT2D eigenvalue weighted by atomic mass is 10.2. The van der Waals surface area contributed by atoms with Gasteiger partial charge in [0.25, 0.3) is 0 Å². The topological polar surface area (TPSA) is 36.7 Å². The Labute approximate surface area is 120 Å². The van der Waals surface area contributed by atoms with Crippen LogP contribution in [0.5, 0.6) is 0 Å². The van der Waals surface area contributed by atoms with Gasteiger partial charge in [-0.05, 0) is 37.3 Å². The van der Waals surface area contributed by atoms with Gasteiger partial charge in [0, 0.05) is 10.6 Å². The van der Waals surface area contributed by atoms with Crippen LogP contribution in [0, 0.1) is 18.3 Å². The van der Waals surface area contributed by atoms with Crippen LogP contribution in [0.2, 0.25) is 10.0 Å². The van der Waals surface area contributed by atoms with E-state index in [9.17, 15) is 0 Å². The number of nitriles is 1. The van der Waals surface area contributed by atoms with Gasteiger partial charge < -0.3 is 0 Å². The van der Waals surface area contributed by atoms with Crippen molar-refractivity contribution in [2.45, 2.75) is 16.8 Å². The summed E-state index contributed by atoms with van der Waals surface area (Å²) in [6, 6.07) is 11.0. The Morgan fingerprint density at radius 3 is 2.61 bits per heavy atom. The Kier molecular flexibility index (Phi) is 4.13. The monoisotopic (exact) mass is 294 g/mol. The lowest BCUT2D eigenvalue weighted by molar-refractivity contribution is 1.06. The SMILES string of the molecule is Cc1cc(C#N)cc(Sc2ccc(Cl)c(Cl)c2)n1. The summed E-state index contributed by atoms with van der Waals surface area (Å²) in [5.41, 5.74) is 1.42. The number of pyridine rings is 1. The first-order chi connectivity index (χ1) is 8.58. The summed E-state index contributed by atoms with van der Waals surface area (Å²) in [7, 11) is 0. The first-order valence-electron chi connectivity index (χ1n) is 5.10. The minimum atomic E-state index is 0.509. The smallest absolute Gasteiger partial charge is 0.102 e. The van der Waals surface area contributed by atoms with Crippen LogP contribution < -0.4 is 0 Å². The number of nitrogens with zero attached hydrogens (tertiary/aromatic N) is 2. The van der Waals surface area contributed by atoms with E-state index in [1.165, 1.54) is 11.8 Å². The van der Waals surface area contributed by atoms with Gasteiger partial charge in [0.1, 0.15) is 5.03 Å². The van der Waals surface area contributed by atoms with E-state index in [4.69, 9.17) is 28.5 Å². The van der Waals surface area contributed by atoms with Gasteiger partial charge in [0.05, 0.1) is 21.7 Å². The number of hydrogen-bond donors (Lipinski definition) is 0. The van der Waals surface area contributed by atoms with Crippen molar-refractivity contribution in [1.29, 1.82) is 5.26 Å². The fraction of sp³-hybridized carbons (Fsp3) is 0.0769. The highest BCUT2D eigenvalue weighted by atomic mass is 35.5. The molecule has 0 amide bonds. The van der Waals surface area contributed by atoms with Crippen LogP contribution in [0.15, 0.2) is 40.3 Å². The van der Waals surface area contributed by atoms with Crippen LogP contribution in [0.25, 0.3) is 0 Å². The molecule has 1 aromatic carbocycles. The van der Waals surface area contributed by atoms with Gasteiger partial charge in [-0.15, -0.1) is 0 Å². The van der Waals surface area contributed by atoms with Gasteiger partial charge >= 0.3 is 0 Å². The van der Waals surface area contributed by atoms with Crippen molar-refractivity contribution in [2.75, 3.05) is 0 Å². The number of aryl methyl sites for hydroxylation is 1. The van der Waals surface area contributed by atoms with E-state index >= 15 is 0 Å².